The van der Waals surface area contributed by atoms with Crippen LogP contribution in [0.3, 0.4) is 0 Å². The lowest BCUT2D eigenvalue weighted by Crippen LogP contribution is -2.26. The average molecular weight is 287 g/mol. The second kappa shape index (κ2) is 6.10. The maximum absolute atomic E-state index is 6.01. The summed E-state index contributed by atoms with van der Waals surface area (Å²) in [5.41, 5.74) is 0.845. The Bertz CT molecular complexity index is 604. The maximum atomic E-state index is 6.01. The van der Waals surface area contributed by atoms with Crippen LogP contribution in [0.2, 0.25) is 0 Å². The first kappa shape index (κ1) is 14.5. The summed E-state index contributed by atoms with van der Waals surface area (Å²) in [7, 11) is 1.68. The molecule has 114 valence electrons. The van der Waals surface area contributed by atoms with Gasteiger partial charge in [0.1, 0.15) is 5.76 Å². The van der Waals surface area contributed by atoms with Gasteiger partial charge < -0.3 is 14.5 Å². The molecule has 3 nitrogen and oxygen atoms in total. The number of ether oxygens (including phenoxy) is 1. The lowest BCUT2D eigenvalue weighted by atomic mass is 9.98. The van der Waals surface area contributed by atoms with Gasteiger partial charge in [-0.2, -0.15) is 0 Å². The third-order valence-corrected chi connectivity index (χ3v) is 4.90. The molecule has 0 spiro atoms. The minimum absolute atomic E-state index is 0.231. The average Bonchev–Trinajstić information content (AvgIpc) is 3.10. The molecule has 1 heterocycles. The molecular formula is C18H25NO2. The van der Waals surface area contributed by atoms with Gasteiger partial charge in [0.05, 0.1) is 13.2 Å². The Labute approximate surface area is 126 Å². The number of fused-ring (bicyclic) bond motifs is 1. The molecule has 0 aliphatic heterocycles. The van der Waals surface area contributed by atoms with Gasteiger partial charge in [0.25, 0.3) is 0 Å². The molecule has 1 aromatic heterocycles. The Morgan fingerprint density at radius 2 is 2.24 bits per heavy atom. The monoisotopic (exact) mass is 287 g/mol. The Morgan fingerprint density at radius 3 is 2.95 bits per heavy atom. The fraction of sp³-hybridized carbons (Fsp3) is 0.556. The van der Waals surface area contributed by atoms with Crippen LogP contribution in [-0.2, 0) is 0 Å². The summed E-state index contributed by atoms with van der Waals surface area (Å²) in [6.45, 7) is 5.62. The molecule has 1 N–H and O–H groups in total. The second-order valence-corrected chi connectivity index (χ2v) is 6.33. The van der Waals surface area contributed by atoms with Crippen LogP contribution in [0, 0.1) is 11.8 Å². The van der Waals surface area contributed by atoms with Crippen LogP contribution >= 0.6 is 0 Å². The molecule has 0 amide bonds. The molecule has 1 aromatic carbocycles. The van der Waals surface area contributed by atoms with E-state index in [2.05, 4.69) is 31.3 Å². The van der Waals surface area contributed by atoms with Crippen molar-refractivity contribution in [2.24, 2.45) is 11.8 Å². The first-order chi connectivity index (χ1) is 10.2. The first-order valence-electron chi connectivity index (χ1n) is 7.99. The van der Waals surface area contributed by atoms with Gasteiger partial charge in [-0.05, 0) is 43.9 Å². The van der Waals surface area contributed by atoms with Crippen molar-refractivity contribution in [3.8, 4) is 5.75 Å². The number of furan rings is 1. The van der Waals surface area contributed by atoms with Crippen molar-refractivity contribution in [1.29, 1.82) is 0 Å². The molecule has 3 heteroatoms. The molecule has 0 bridgehead atoms. The van der Waals surface area contributed by atoms with Gasteiger partial charge in [-0.3, -0.25) is 0 Å². The number of benzene rings is 1. The summed E-state index contributed by atoms with van der Waals surface area (Å²) < 4.78 is 11.4. The summed E-state index contributed by atoms with van der Waals surface area (Å²) >= 11 is 0. The van der Waals surface area contributed by atoms with Crippen molar-refractivity contribution in [3.63, 3.8) is 0 Å². The third kappa shape index (κ3) is 2.93. The highest BCUT2D eigenvalue weighted by atomic mass is 16.5. The number of nitrogens with one attached hydrogen (secondary N) is 1. The zero-order valence-corrected chi connectivity index (χ0v) is 13.2. The fourth-order valence-corrected chi connectivity index (χ4v) is 3.38. The molecular weight excluding hydrogens is 262 g/mol. The topological polar surface area (TPSA) is 34.4 Å². The highest BCUT2D eigenvalue weighted by Crippen LogP contribution is 2.33. The molecule has 1 fully saturated rings. The van der Waals surface area contributed by atoms with Crippen molar-refractivity contribution in [2.75, 3.05) is 13.7 Å². The van der Waals surface area contributed by atoms with Crippen LogP contribution in [0.1, 0.15) is 44.9 Å². The van der Waals surface area contributed by atoms with Gasteiger partial charge in [-0.1, -0.05) is 31.9 Å². The highest BCUT2D eigenvalue weighted by molar-refractivity contribution is 5.83. The van der Waals surface area contributed by atoms with E-state index in [1.807, 2.05) is 12.1 Å². The molecule has 21 heavy (non-hydrogen) atoms. The lowest BCUT2D eigenvalue weighted by Gasteiger charge is -2.18. The maximum Gasteiger partial charge on any atom is 0.176 e. The van der Waals surface area contributed by atoms with Crippen LogP contribution in [0.5, 0.6) is 5.75 Å². The van der Waals surface area contributed by atoms with Crippen LogP contribution < -0.4 is 10.1 Å². The molecule has 0 radical (unpaired) electrons. The summed E-state index contributed by atoms with van der Waals surface area (Å²) in [6, 6.07) is 8.35. The summed E-state index contributed by atoms with van der Waals surface area (Å²) in [5.74, 6) is 3.45. The van der Waals surface area contributed by atoms with Gasteiger partial charge in [-0.25, -0.2) is 0 Å². The Hall–Kier alpha value is -1.48. The minimum Gasteiger partial charge on any atom is -0.493 e. The largest absolute Gasteiger partial charge is 0.493 e. The fourth-order valence-electron chi connectivity index (χ4n) is 3.38. The lowest BCUT2D eigenvalue weighted by molar-refractivity contribution is 0.354. The minimum atomic E-state index is 0.231. The van der Waals surface area contributed by atoms with Gasteiger partial charge in [0.15, 0.2) is 11.3 Å². The van der Waals surface area contributed by atoms with E-state index in [1.54, 1.807) is 7.11 Å². The summed E-state index contributed by atoms with van der Waals surface area (Å²) in [5, 5.41) is 4.74. The van der Waals surface area contributed by atoms with E-state index in [-0.39, 0.29) is 6.04 Å². The van der Waals surface area contributed by atoms with E-state index >= 15 is 0 Å². The van der Waals surface area contributed by atoms with Gasteiger partial charge in [0.2, 0.25) is 0 Å². The van der Waals surface area contributed by atoms with Crippen LogP contribution in [-0.4, -0.2) is 13.7 Å². The smallest absolute Gasteiger partial charge is 0.176 e. The highest BCUT2D eigenvalue weighted by Gasteiger charge is 2.24. The van der Waals surface area contributed by atoms with E-state index in [0.717, 1.165) is 40.9 Å². The molecule has 1 aliphatic carbocycles. The number of rotatable bonds is 5. The van der Waals surface area contributed by atoms with E-state index in [4.69, 9.17) is 9.15 Å². The Kier molecular flexibility index (Phi) is 4.20. The molecule has 2 aromatic rings. The van der Waals surface area contributed by atoms with Crippen LogP contribution in [0.15, 0.2) is 28.7 Å². The molecule has 1 saturated carbocycles. The predicted molar refractivity (Wildman–Crippen MR) is 85.7 cm³/mol. The van der Waals surface area contributed by atoms with Crippen molar-refractivity contribution < 1.29 is 9.15 Å². The Balaban J connectivity index is 1.71. The number of hydrogen-bond acceptors (Lipinski definition) is 3. The van der Waals surface area contributed by atoms with E-state index in [0.29, 0.717) is 0 Å². The summed E-state index contributed by atoms with van der Waals surface area (Å²) in [4.78, 5) is 0. The molecule has 3 atom stereocenters. The van der Waals surface area contributed by atoms with Gasteiger partial charge in [-0.15, -0.1) is 0 Å². The van der Waals surface area contributed by atoms with E-state index in [1.165, 1.54) is 19.3 Å². The number of para-hydroxylation sites is 1. The zero-order chi connectivity index (χ0) is 14.8. The van der Waals surface area contributed by atoms with E-state index in [9.17, 15) is 0 Å². The predicted octanol–water partition coefficient (Wildman–Crippen LogP) is 4.53. The number of hydrogen-bond donors (Lipinski definition) is 1. The SMILES string of the molecule is COc1cccc2cc(C(C)NCC3CCCC3C)oc12. The van der Waals surface area contributed by atoms with Crippen molar-refractivity contribution in [2.45, 2.75) is 39.2 Å². The van der Waals surface area contributed by atoms with Crippen molar-refractivity contribution in [1.82, 2.24) is 5.32 Å². The normalized spacial score (nSPS) is 23.6. The van der Waals surface area contributed by atoms with Gasteiger partial charge >= 0.3 is 0 Å². The molecule has 3 unspecified atom stereocenters. The Morgan fingerprint density at radius 1 is 1.38 bits per heavy atom. The molecule has 3 rings (SSSR count). The van der Waals surface area contributed by atoms with Crippen LogP contribution in [0.25, 0.3) is 11.0 Å². The van der Waals surface area contributed by atoms with Crippen molar-refractivity contribution in [3.05, 3.63) is 30.0 Å². The van der Waals surface area contributed by atoms with E-state index < -0.39 is 0 Å². The second-order valence-electron chi connectivity index (χ2n) is 6.33. The third-order valence-electron chi connectivity index (χ3n) is 4.90. The number of methoxy groups -OCH3 is 1. The van der Waals surface area contributed by atoms with Crippen LogP contribution in [0.4, 0.5) is 0 Å². The zero-order valence-electron chi connectivity index (χ0n) is 13.2. The molecule has 0 saturated heterocycles. The van der Waals surface area contributed by atoms with Crippen molar-refractivity contribution >= 4 is 11.0 Å². The summed E-state index contributed by atoms with van der Waals surface area (Å²) in [6.07, 6.45) is 4.11. The van der Waals surface area contributed by atoms with Gasteiger partial charge in [0, 0.05) is 5.39 Å². The standard InChI is InChI=1S/C18H25NO2/c1-12-6-4-8-15(12)11-19-13(2)17-10-14-7-5-9-16(20-3)18(14)21-17/h5,7,9-10,12-13,15,19H,4,6,8,11H2,1-3H3. The quantitative estimate of drug-likeness (QED) is 0.877. The molecule has 1 aliphatic rings. The first-order valence-corrected chi connectivity index (χ1v) is 7.99.